The molecule has 0 aliphatic carbocycles. The number of hydrogen-bond acceptors (Lipinski definition) is 4. The quantitative estimate of drug-likeness (QED) is 0.271. The van der Waals surface area contributed by atoms with Crippen LogP contribution < -0.4 is 20.1 Å². The molecule has 0 bridgehead atoms. The highest BCUT2D eigenvalue weighted by Crippen LogP contribution is 2.26. The van der Waals surface area contributed by atoms with Gasteiger partial charge in [-0.05, 0) is 49.2 Å². The predicted octanol–water partition coefficient (Wildman–Crippen LogP) is 4.38. The standard InChI is InChI=1S/C23H30F2N4O2.HI/c1-26-23(28-15-19-9-10-20(30-2)13-21(19)31-22(24)25)27-14-17-5-7-18(8-6-17)16-29-11-3-4-12-29;/h5-10,13,22H,3-4,11-12,14-16H2,1-2H3,(H2,26,27,28);1H. The molecule has 0 amide bonds. The second-order valence-electron chi connectivity index (χ2n) is 7.43. The molecule has 1 saturated heterocycles. The molecule has 9 heteroatoms. The van der Waals surface area contributed by atoms with E-state index in [1.54, 1.807) is 19.2 Å². The lowest BCUT2D eigenvalue weighted by atomic mass is 10.1. The first-order valence-corrected chi connectivity index (χ1v) is 10.4. The Morgan fingerprint density at radius 1 is 1.03 bits per heavy atom. The van der Waals surface area contributed by atoms with Crippen molar-refractivity contribution in [3.05, 3.63) is 59.2 Å². The average molecular weight is 560 g/mol. The summed E-state index contributed by atoms with van der Waals surface area (Å²) in [6.07, 6.45) is 2.58. The van der Waals surface area contributed by atoms with E-state index in [4.69, 9.17) is 4.74 Å². The van der Waals surface area contributed by atoms with Crippen molar-refractivity contribution in [2.75, 3.05) is 27.2 Å². The van der Waals surface area contributed by atoms with Gasteiger partial charge in [-0.15, -0.1) is 24.0 Å². The summed E-state index contributed by atoms with van der Waals surface area (Å²) >= 11 is 0. The van der Waals surface area contributed by atoms with Gasteiger partial charge in [-0.3, -0.25) is 9.89 Å². The maximum Gasteiger partial charge on any atom is 0.387 e. The largest absolute Gasteiger partial charge is 0.497 e. The minimum Gasteiger partial charge on any atom is -0.497 e. The minimum atomic E-state index is -2.91. The molecule has 0 aromatic heterocycles. The molecule has 0 atom stereocenters. The van der Waals surface area contributed by atoms with Crippen molar-refractivity contribution >= 4 is 29.9 Å². The van der Waals surface area contributed by atoms with Crippen LogP contribution in [-0.4, -0.2) is 44.7 Å². The fourth-order valence-corrected chi connectivity index (χ4v) is 3.56. The zero-order valence-electron chi connectivity index (χ0n) is 18.4. The van der Waals surface area contributed by atoms with Crippen LogP contribution in [0.2, 0.25) is 0 Å². The first-order valence-electron chi connectivity index (χ1n) is 10.4. The van der Waals surface area contributed by atoms with Crippen molar-refractivity contribution in [3.8, 4) is 11.5 Å². The molecule has 2 aromatic carbocycles. The molecule has 3 rings (SSSR count). The summed E-state index contributed by atoms with van der Waals surface area (Å²) in [6.45, 7) is 1.35. The molecule has 2 aromatic rings. The van der Waals surface area contributed by atoms with E-state index < -0.39 is 6.61 Å². The van der Waals surface area contributed by atoms with Crippen LogP contribution in [0.3, 0.4) is 0 Å². The van der Waals surface area contributed by atoms with Crippen molar-refractivity contribution in [1.82, 2.24) is 15.5 Å². The highest BCUT2D eigenvalue weighted by Gasteiger charge is 2.13. The van der Waals surface area contributed by atoms with Gasteiger partial charge in [0.2, 0.25) is 0 Å². The summed E-state index contributed by atoms with van der Waals surface area (Å²) in [5.41, 5.74) is 3.04. The number of hydrogen-bond donors (Lipinski definition) is 2. The van der Waals surface area contributed by atoms with Crippen LogP contribution in [0, 0.1) is 0 Å². The van der Waals surface area contributed by atoms with E-state index in [2.05, 4.69) is 49.5 Å². The van der Waals surface area contributed by atoms with Gasteiger partial charge in [0.25, 0.3) is 0 Å². The summed E-state index contributed by atoms with van der Waals surface area (Å²) in [7, 11) is 3.14. The molecule has 0 spiro atoms. The number of alkyl halides is 2. The van der Waals surface area contributed by atoms with Gasteiger partial charge >= 0.3 is 6.61 Å². The number of nitrogens with zero attached hydrogens (tertiary/aromatic N) is 2. The number of rotatable bonds is 9. The Morgan fingerprint density at radius 3 is 2.31 bits per heavy atom. The summed E-state index contributed by atoms with van der Waals surface area (Å²) in [4.78, 5) is 6.68. The van der Waals surface area contributed by atoms with E-state index in [0.717, 1.165) is 12.1 Å². The molecular weight excluding hydrogens is 529 g/mol. The molecule has 0 saturated carbocycles. The number of aliphatic imine (C=N–C) groups is 1. The van der Waals surface area contributed by atoms with E-state index in [9.17, 15) is 8.78 Å². The maximum absolute atomic E-state index is 12.7. The van der Waals surface area contributed by atoms with Crippen LogP contribution in [0.15, 0.2) is 47.5 Å². The van der Waals surface area contributed by atoms with Gasteiger partial charge in [-0.25, -0.2) is 0 Å². The Labute approximate surface area is 205 Å². The number of likely N-dealkylation sites (tertiary alicyclic amines) is 1. The third-order valence-corrected chi connectivity index (χ3v) is 5.25. The van der Waals surface area contributed by atoms with E-state index >= 15 is 0 Å². The highest BCUT2D eigenvalue weighted by atomic mass is 127. The van der Waals surface area contributed by atoms with Gasteiger partial charge in [0, 0.05) is 38.3 Å². The molecular formula is C23H31F2IN4O2. The molecule has 2 N–H and O–H groups in total. The number of guanidine groups is 1. The Morgan fingerprint density at radius 2 is 1.69 bits per heavy atom. The summed E-state index contributed by atoms with van der Waals surface area (Å²) < 4.78 is 35.2. The van der Waals surface area contributed by atoms with Crippen molar-refractivity contribution < 1.29 is 18.3 Å². The average Bonchev–Trinajstić information content (AvgIpc) is 3.28. The first-order chi connectivity index (χ1) is 15.1. The molecule has 1 aliphatic heterocycles. The fourth-order valence-electron chi connectivity index (χ4n) is 3.56. The highest BCUT2D eigenvalue weighted by molar-refractivity contribution is 14.0. The van der Waals surface area contributed by atoms with Crippen molar-refractivity contribution in [2.24, 2.45) is 4.99 Å². The van der Waals surface area contributed by atoms with Gasteiger partial charge < -0.3 is 20.1 Å². The normalized spacial score (nSPS) is 14.2. The first kappa shape index (κ1) is 26.1. The van der Waals surface area contributed by atoms with Gasteiger partial charge in [0.05, 0.1) is 7.11 Å². The van der Waals surface area contributed by atoms with Crippen LogP contribution in [0.1, 0.15) is 29.5 Å². The summed E-state index contributed by atoms with van der Waals surface area (Å²) in [5, 5.41) is 6.38. The van der Waals surface area contributed by atoms with Crippen molar-refractivity contribution in [3.63, 3.8) is 0 Å². The molecule has 176 valence electrons. The number of benzene rings is 2. The number of halogens is 3. The SMILES string of the molecule is CN=C(NCc1ccc(CN2CCCC2)cc1)NCc1ccc(OC)cc1OC(F)F.I. The van der Waals surface area contributed by atoms with E-state index in [1.807, 2.05) is 0 Å². The van der Waals surface area contributed by atoms with Crippen LogP contribution in [0.4, 0.5) is 8.78 Å². The lowest BCUT2D eigenvalue weighted by molar-refractivity contribution is -0.0505. The van der Waals surface area contributed by atoms with E-state index in [-0.39, 0.29) is 36.3 Å². The van der Waals surface area contributed by atoms with E-state index in [0.29, 0.717) is 23.8 Å². The summed E-state index contributed by atoms with van der Waals surface area (Å²) in [5.74, 6) is 1.10. The Bertz CT molecular complexity index is 860. The zero-order chi connectivity index (χ0) is 22.1. The number of methoxy groups -OCH3 is 1. The Balaban J connectivity index is 0.00000363. The molecule has 1 heterocycles. The molecule has 32 heavy (non-hydrogen) atoms. The topological polar surface area (TPSA) is 58.1 Å². The third kappa shape index (κ3) is 8.09. The van der Waals surface area contributed by atoms with Crippen LogP contribution in [0.5, 0.6) is 11.5 Å². The molecule has 6 nitrogen and oxygen atoms in total. The molecule has 0 radical (unpaired) electrons. The van der Waals surface area contributed by atoms with Gasteiger partial charge in [0.1, 0.15) is 11.5 Å². The Kier molecular flexibility index (Phi) is 10.9. The Hall–Kier alpha value is -2.14. The second kappa shape index (κ2) is 13.4. The third-order valence-electron chi connectivity index (χ3n) is 5.25. The van der Waals surface area contributed by atoms with Gasteiger partial charge in [-0.1, -0.05) is 24.3 Å². The molecule has 1 aliphatic rings. The van der Waals surface area contributed by atoms with E-state index in [1.165, 1.54) is 44.7 Å². The number of nitrogens with one attached hydrogen (secondary N) is 2. The minimum absolute atomic E-state index is 0. The van der Waals surface area contributed by atoms with Crippen molar-refractivity contribution in [2.45, 2.75) is 39.1 Å². The summed E-state index contributed by atoms with van der Waals surface area (Å²) in [6, 6.07) is 13.4. The predicted molar refractivity (Wildman–Crippen MR) is 133 cm³/mol. The molecule has 0 unspecified atom stereocenters. The monoisotopic (exact) mass is 560 g/mol. The van der Waals surface area contributed by atoms with Gasteiger partial charge in [0.15, 0.2) is 5.96 Å². The lowest BCUT2D eigenvalue weighted by Gasteiger charge is -2.16. The zero-order valence-corrected chi connectivity index (χ0v) is 20.8. The van der Waals surface area contributed by atoms with Crippen LogP contribution >= 0.6 is 24.0 Å². The van der Waals surface area contributed by atoms with Crippen LogP contribution in [-0.2, 0) is 19.6 Å². The lowest BCUT2D eigenvalue weighted by Crippen LogP contribution is -2.36. The second-order valence-corrected chi connectivity index (χ2v) is 7.43. The van der Waals surface area contributed by atoms with Crippen LogP contribution in [0.25, 0.3) is 0 Å². The maximum atomic E-state index is 12.7. The number of ether oxygens (including phenoxy) is 2. The fraction of sp³-hybridized carbons (Fsp3) is 0.435. The van der Waals surface area contributed by atoms with Gasteiger partial charge in [-0.2, -0.15) is 8.78 Å². The smallest absolute Gasteiger partial charge is 0.387 e. The van der Waals surface area contributed by atoms with Crippen molar-refractivity contribution in [1.29, 1.82) is 0 Å². The molecule has 1 fully saturated rings.